The van der Waals surface area contributed by atoms with Gasteiger partial charge in [-0.25, -0.2) is 13.6 Å². The van der Waals surface area contributed by atoms with Crippen LogP contribution in [-0.2, 0) is 16.6 Å². The molecule has 0 atom stereocenters. The molecular formula is C13H10Cl3NO3S. The predicted molar refractivity (Wildman–Crippen MR) is 83.6 cm³/mol. The van der Waals surface area contributed by atoms with Crippen LogP contribution in [0.5, 0.6) is 5.75 Å². The molecule has 0 aliphatic rings. The van der Waals surface area contributed by atoms with Gasteiger partial charge in [-0.3, -0.25) is 0 Å². The summed E-state index contributed by atoms with van der Waals surface area (Å²) in [7, 11) is -3.88. The summed E-state index contributed by atoms with van der Waals surface area (Å²) in [5.74, 6) is 0.195. The molecule has 0 unspecified atom stereocenters. The number of benzene rings is 2. The minimum Gasteiger partial charge on any atom is -0.486 e. The van der Waals surface area contributed by atoms with E-state index in [2.05, 4.69) is 0 Å². The van der Waals surface area contributed by atoms with Crippen LogP contribution in [0.2, 0.25) is 15.1 Å². The van der Waals surface area contributed by atoms with E-state index in [9.17, 15) is 8.42 Å². The molecule has 0 fully saturated rings. The third-order valence-electron chi connectivity index (χ3n) is 2.60. The Kier molecular flexibility index (Phi) is 5.01. The number of halogens is 3. The minimum atomic E-state index is -3.88. The van der Waals surface area contributed by atoms with Gasteiger partial charge in [0.15, 0.2) is 5.75 Å². The van der Waals surface area contributed by atoms with Crippen LogP contribution in [0.15, 0.2) is 41.3 Å². The van der Waals surface area contributed by atoms with Gasteiger partial charge in [-0.1, -0.05) is 46.9 Å². The lowest BCUT2D eigenvalue weighted by Gasteiger charge is -2.11. The Morgan fingerprint density at radius 3 is 2.00 bits per heavy atom. The van der Waals surface area contributed by atoms with Crippen LogP contribution < -0.4 is 9.88 Å². The lowest BCUT2D eigenvalue weighted by Crippen LogP contribution is -2.12. The number of nitrogens with two attached hydrogens (primary N) is 1. The molecule has 2 aromatic carbocycles. The second kappa shape index (κ2) is 6.42. The zero-order valence-corrected chi connectivity index (χ0v) is 13.6. The van der Waals surface area contributed by atoms with E-state index < -0.39 is 10.0 Å². The number of primary sulfonamides is 1. The Bertz CT molecular complexity index is 738. The standard InChI is InChI=1S/C13H10Cl3NO3S/c14-9-3-1-8(2-4-9)7-20-13-11(15)5-10(6-12(13)16)21(17,18)19/h1-6H,7H2,(H2,17,18,19). The predicted octanol–water partition coefficient (Wildman–Crippen LogP) is 3.87. The first-order valence-corrected chi connectivity index (χ1v) is 8.34. The van der Waals surface area contributed by atoms with Crippen molar-refractivity contribution in [1.82, 2.24) is 0 Å². The second-order valence-electron chi connectivity index (χ2n) is 4.18. The maximum Gasteiger partial charge on any atom is 0.238 e. The van der Waals surface area contributed by atoms with Gasteiger partial charge in [0.05, 0.1) is 14.9 Å². The number of hydrogen-bond acceptors (Lipinski definition) is 3. The fourth-order valence-corrected chi connectivity index (χ4v) is 2.99. The summed E-state index contributed by atoms with van der Waals surface area (Å²) in [6.45, 7) is 0.214. The van der Waals surface area contributed by atoms with Crippen molar-refractivity contribution < 1.29 is 13.2 Å². The summed E-state index contributed by atoms with van der Waals surface area (Å²) < 4.78 is 28.1. The maximum absolute atomic E-state index is 11.3. The van der Waals surface area contributed by atoms with E-state index >= 15 is 0 Å². The monoisotopic (exact) mass is 365 g/mol. The lowest BCUT2D eigenvalue weighted by molar-refractivity contribution is 0.306. The zero-order chi connectivity index (χ0) is 15.6. The Morgan fingerprint density at radius 1 is 1.00 bits per heavy atom. The molecule has 4 nitrogen and oxygen atoms in total. The van der Waals surface area contributed by atoms with E-state index in [0.29, 0.717) is 5.02 Å². The van der Waals surface area contributed by atoms with Crippen LogP contribution in [-0.4, -0.2) is 8.42 Å². The van der Waals surface area contributed by atoms with Crippen molar-refractivity contribution in [3.8, 4) is 5.75 Å². The topological polar surface area (TPSA) is 69.4 Å². The average molecular weight is 367 g/mol. The first kappa shape index (κ1) is 16.4. The smallest absolute Gasteiger partial charge is 0.238 e. The Balaban J connectivity index is 2.23. The molecule has 0 spiro atoms. The largest absolute Gasteiger partial charge is 0.486 e. The highest BCUT2D eigenvalue weighted by molar-refractivity contribution is 7.89. The first-order chi connectivity index (χ1) is 9.77. The molecule has 2 rings (SSSR count). The van der Waals surface area contributed by atoms with Gasteiger partial charge >= 0.3 is 0 Å². The van der Waals surface area contributed by atoms with Crippen molar-refractivity contribution in [2.24, 2.45) is 5.14 Å². The van der Waals surface area contributed by atoms with Crippen molar-refractivity contribution in [3.05, 3.63) is 57.0 Å². The van der Waals surface area contributed by atoms with Crippen molar-refractivity contribution in [1.29, 1.82) is 0 Å². The van der Waals surface area contributed by atoms with Crippen molar-refractivity contribution in [3.63, 3.8) is 0 Å². The third-order valence-corrected chi connectivity index (χ3v) is 4.30. The summed E-state index contributed by atoms with van der Waals surface area (Å²) in [4.78, 5) is -0.170. The SMILES string of the molecule is NS(=O)(=O)c1cc(Cl)c(OCc2ccc(Cl)cc2)c(Cl)c1. The van der Waals surface area contributed by atoms with E-state index in [1.54, 1.807) is 24.3 Å². The lowest BCUT2D eigenvalue weighted by atomic mass is 10.2. The highest BCUT2D eigenvalue weighted by Crippen LogP contribution is 2.35. The molecule has 0 aliphatic heterocycles. The van der Waals surface area contributed by atoms with Crippen LogP contribution in [0.25, 0.3) is 0 Å². The van der Waals surface area contributed by atoms with Gasteiger partial charge in [0.25, 0.3) is 0 Å². The molecule has 112 valence electrons. The summed E-state index contributed by atoms with van der Waals surface area (Å²) in [5, 5.41) is 5.78. The molecule has 0 heterocycles. The maximum atomic E-state index is 11.3. The highest BCUT2D eigenvalue weighted by atomic mass is 35.5. The Morgan fingerprint density at radius 2 is 1.52 bits per heavy atom. The molecule has 0 bridgehead atoms. The average Bonchev–Trinajstić information content (AvgIpc) is 2.38. The summed E-state index contributed by atoms with van der Waals surface area (Å²) in [5.41, 5.74) is 0.863. The molecule has 8 heteroatoms. The fourth-order valence-electron chi connectivity index (χ4n) is 1.57. The molecule has 2 aromatic rings. The molecule has 21 heavy (non-hydrogen) atoms. The van der Waals surface area contributed by atoms with Crippen LogP contribution in [0.4, 0.5) is 0 Å². The molecule has 0 saturated carbocycles. The highest BCUT2D eigenvalue weighted by Gasteiger charge is 2.15. The van der Waals surface area contributed by atoms with Crippen molar-refractivity contribution in [2.75, 3.05) is 0 Å². The Hall–Kier alpha value is -0.980. The van der Waals surface area contributed by atoms with E-state index in [1.165, 1.54) is 12.1 Å². The number of rotatable bonds is 4. The molecule has 2 N–H and O–H groups in total. The first-order valence-electron chi connectivity index (χ1n) is 5.66. The summed E-state index contributed by atoms with van der Waals surface area (Å²) >= 11 is 17.8. The van der Waals surface area contributed by atoms with Crippen LogP contribution in [0, 0.1) is 0 Å². The molecule has 0 amide bonds. The van der Waals surface area contributed by atoms with E-state index in [0.717, 1.165) is 5.56 Å². The van der Waals surface area contributed by atoms with E-state index in [1.807, 2.05) is 0 Å². The number of ether oxygens (including phenoxy) is 1. The molecule has 0 saturated heterocycles. The summed E-state index contributed by atoms with van der Waals surface area (Å²) in [6, 6.07) is 9.44. The van der Waals surface area contributed by atoms with Gasteiger partial charge in [0, 0.05) is 5.02 Å². The van der Waals surface area contributed by atoms with Crippen LogP contribution in [0.3, 0.4) is 0 Å². The third kappa shape index (κ3) is 4.25. The normalized spacial score (nSPS) is 11.4. The van der Waals surface area contributed by atoms with E-state index in [4.69, 9.17) is 44.7 Å². The molecular weight excluding hydrogens is 357 g/mol. The van der Waals surface area contributed by atoms with Gasteiger partial charge in [0.2, 0.25) is 10.0 Å². The molecule has 0 radical (unpaired) electrons. The van der Waals surface area contributed by atoms with Gasteiger partial charge < -0.3 is 4.74 Å². The van der Waals surface area contributed by atoms with Crippen molar-refractivity contribution >= 4 is 44.8 Å². The number of sulfonamides is 1. The van der Waals surface area contributed by atoms with Gasteiger partial charge in [-0.2, -0.15) is 0 Å². The van der Waals surface area contributed by atoms with Crippen LogP contribution in [0.1, 0.15) is 5.56 Å². The van der Waals surface area contributed by atoms with Gasteiger partial charge in [-0.05, 0) is 29.8 Å². The van der Waals surface area contributed by atoms with E-state index in [-0.39, 0.29) is 27.3 Å². The van der Waals surface area contributed by atoms with Crippen LogP contribution >= 0.6 is 34.8 Å². The number of hydrogen-bond donors (Lipinski definition) is 1. The quantitative estimate of drug-likeness (QED) is 0.893. The van der Waals surface area contributed by atoms with Crippen molar-refractivity contribution in [2.45, 2.75) is 11.5 Å². The van der Waals surface area contributed by atoms with Gasteiger partial charge in [0.1, 0.15) is 6.61 Å². The fraction of sp³-hybridized carbons (Fsp3) is 0.0769. The Labute approximate surface area is 137 Å². The molecule has 0 aliphatic carbocycles. The second-order valence-corrected chi connectivity index (χ2v) is 6.99. The zero-order valence-electron chi connectivity index (χ0n) is 10.5. The van der Waals surface area contributed by atoms with Gasteiger partial charge in [-0.15, -0.1) is 0 Å². The minimum absolute atomic E-state index is 0.0699. The summed E-state index contributed by atoms with van der Waals surface area (Å²) in [6.07, 6.45) is 0. The molecule has 0 aromatic heterocycles.